The minimum Gasteiger partial charge on any atom is -0.493 e. The van der Waals surface area contributed by atoms with Crippen molar-refractivity contribution in [1.82, 2.24) is 0 Å². The van der Waals surface area contributed by atoms with Crippen molar-refractivity contribution >= 4 is 17.6 Å². The highest BCUT2D eigenvalue weighted by Gasteiger charge is 2.11. The first-order valence-corrected chi connectivity index (χ1v) is 9.27. The van der Waals surface area contributed by atoms with E-state index in [4.69, 9.17) is 14.2 Å². The molecule has 3 aromatic carbocycles. The third kappa shape index (κ3) is 4.68. The lowest BCUT2D eigenvalue weighted by molar-refractivity contribution is 0.0734. The molecule has 0 aliphatic carbocycles. The van der Waals surface area contributed by atoms with Gasteiger partial charge in [-0.05, 0) is 66.1 Å². The molecule has 0 N–H and O–H groups in total. The van der Waals surface area contributed by atoms with E-state index in [1.165, 1.54) is 0 Å². The Kier molecular flexibility index (Phi) is 6.51. The third-order valence-corrected chi connectivity index (χ3v) is 4.58. The summed E-state index contributed by atoms with van der Waals surface area (Å²) in [7, 11) is 3.11. The largest absolute Gasteiger partial charge is 0.493 e. The predicted molar refractivity (Wildman–Crippen MR) is 116 cm³/mol. The van der Waals surface area contributed by atoms with E-state index in [1.54, 1.807) is 74.9 Å². The lowest BCUT2D eigenvalue weighted by Crippen LogP contribution is -2.09. The third-order valence-electron chi connectivity index (χ3n) is 4.58. The number of esters is 1. The molecular formula is C25H21NO4. The molecule has 0 bridgehead atoms. The van der Waals surface area contributed by atoms with Crippen LogP contribution in [0.2, 0.25) is 0 Å². The molecule has 5 nitrogen and oxygen atoms in total. The second-order valence-corrected chi connectivity index (χ2v) is 6.51. The lowest BCUT2D eigenvalue weighted by atomic mass is 10.0. The second-order valence-electron chi connectivity index (χ2n) is 6.51. The van der Waals surface area contributed by atoms with E-state index < -0.39 is 5.97 Å². The maximum atomic E-state index is 12.3. The Bertz CT molecular complexity index is 1120. The topological polar surface area (TPSA) is 68.5 Å². The number of benzene rings is 3. The molecule has 150 valence electrons. The molecule has 0 saturated heterocycles. The van der Waals surface area contributed by atoms with Gasteiger partial charge in [0.2, 0.25) is 0 Å². The second kappa shape index (κ2) is 9.44. The predicted octanol–water partition coefficient (Wildman–Crippen LogP) is 5.30. The molecule has 0 radical (unpaired) electrons. The molecule has 0 unspecified atom stereocenters. The number of carbonyl (C=O) groups excluding carboxylic acids is 1. The van der Waals surface area contributed by atoms with Crippen LogP contribution in [-0.4, -0.2) is 20.2 Å². The van der Waals surface area contributed by atoms with Crippen molar-refractivity contribution in [3.63, 3.8) is 0 Å². The molecular weight excluding hydrogens is 378 g/mol. The van der Waals surface area contributed by atoms with Crippen molar-refractivity contribution in [2.75, 3.05) is 14.2 Å². The van der Waals surface area contributed by atoms with Crippen molar-refractivity contribution in [2.45, 2.75) is 6.92 Å². The first-order chi connectivity index (χ1) is 14.5. The van der Waals surface area contributed by atoms with Crippen LogP contribution < -0.4 is 14.2 Å². The van der Waals surface area contributed by atoms with Gasteiger partial charge < -0.3 is 14.2 Å². The first kappa shape index (κ1) is 20.7. The summed E-state index contributed by atoms with van der Waals surface area (Å²) in [6, 6.07) is 21.8. The van der Waals surface area contributed by atoms with Gasteiger partial charge in [0.05, 0.1) is 31.4 Å². The summed E-state index contributed by atoms with van der Waals surface area (Å²) in [5.74, 6) is 1.18. The van der Waals surface area contributed by atoms with Crippen molar-refractivity contribution in [3.05, 3.63) is 89.0 Å². The van der Waals surface area contributed by atoms with Gasteiger partial charge >= 0.3 is 5.97 Å². The molecule has 0 spiro atoms. The van der Waals surface area contributed by atoms with Crippen molar-refractivity contribution < 1.29 is 19.0 Å². The summed E-state index contributed by atoms with van der Waals surface area (Å²) in [6.07, 6.45) is 1.76. The van der Waals surface area contributed by atoms with E-state index in [2.05, 4.69) is 6.07 Å². The van der Waals surface area contributed by atoms with Crippen LogP contribution in [0.4, 0.5) is 0 Å². The molecule has 0 fully saturated rings. The molecule has 0 heterocycles. The highest BCUT2D eigenvalue weighted by atomic mass is 16.5. The Hall–Kier alpha value is -4.04. The minimum atomic E-state index is -0.403. The van der Waals surface area contributed by atoms with Crippen molar-refractivity contribution in [2.24, 2.45) is 0 Å². The maximum absolute atomic E-state index is 12.3. The van der Waals surface area contributed by atoms with Gasteiger partial charge in [0, 0.05) is 0 Å². The zero-order valence-corrected chi connectivity index (χ0v) is 17.0. The van der Waals surface area contributed by atoms with Gasteiger partial charge in [-0.2, -0.15) is 5.26 Å². The molecule has 0 aliphatic heterocycles. The Morgan fingerprint density at radius 3 is 2.27 bits per heavy atom. The maximum Gasteiger partial charge on any atom is 0.343 e. The van der Waals surface area contributed by atoms with Gasteiger partial charge in [0.1, 0.15) is 5.75 Å². The summed E-state index contributed by atoms with van der Waals surface area (Å²) in [5, 5.41) is 9.60. The fraction of sp³-hybridized carbons (Fsp3) is 0.120. The van der Waals surface area contributed by atoms with E-state index in [-0.39, 0.29) is 0 Å². The Morgan fingerprint density at radius 1 is 0.933 bits per heavy atom. The average molecular weight is 399 g/mol. The fourth-order valence-electron chi connectivity index (χ4n) is 2.95. The Balaban J connectivity index is 1.80. The molecule has 0 saturated carbocycles. The molecule has 0 amide bonds. The monoisotopic (exact) mass is 399 g/mol. The lowest BCUT2D eigenvalue weighted by Gasteiger charge is -2.09. The quantitative estimate of drug-likeness (QED) is 0.244. The van der Waals surface area contributed by atoms with Gasteiger partial charge in [-0.3, -0.25) is 0 Å². The van der Waals surface area contributed by atoms with Crippen LogP contribution in [0.5, 0.6) is 17.2 Å². The van der Waals surface area contributed by atoms with E-state index in [1.807, 2.05) is 19.1 Å². The van der Waals surface area contributed by atoms with Crippen molar-refractivity contribution in [1.29, 1.82) is 5.26 Å². The summed E-state index contributed by atoms with van der Waals surface area (Å²) < 4.78 is 16.0. The Morgan fingerprint density at radius 2 is 1.63 bits per heavy atom. The SMILES string of the molecule is COc1ccc(/C(C#N)=C\c2ccc(OC(=O)c3ccccc3C)cc2)cc1OC. The summed E-state index contributed by atoms with van der Waals surface area (Å²) in [4.78, 5) is 12.3. The standard InChI is InChI=1S/C25H21NO4/c1-17-6-4-5-7-22(17)25(27)30-21-11-8-18(9-12-21)14-20(16-26)19-10-13-23(28-2)24(15-19)29-3/h4-15H,1-3H3/b20-14-. The van der Waals surface area contributed by atoms with Crippen molar-refractivity contribution in [3.8, 4) is 23.3 Å². The number of ether oxygens (including phenoxy) is 3. The average Bonchev–Trinajstić information content (AvgIpc) is 2.78. The van der Waals surface area contributed by atoms with Crippen LogP contribution in [0, 0.1) is 18.3 Å². The van der Waals surface area contributed by atoms with Crippen LogP contribution in [-0.2, 0) is 0 Å². The first-order valence-electron chi connectivity index (χ1n) is 9.27. The molecule has 5 heteroatoms. The molecule has 30 heavy (non-hydrogen) atoms. The van der Waals surface area contributed by atoms with Crippen LogP contribution in [0.3, 0.4) is 0 Å². The number of nitrogens with zero attached hydrogens (tertiary/aromatic N) is 1. The molecule has 3 aromatic rings. The van der Waals surface area contributed by atoms with E-state index >= 15 is 0 Å². The van der Waals surface area contributed by atoms with Gasteiger partial charge in [0.25, 0.3) is 0 Å². The van der Waals surface area contributed by atoms with Crippen LogP contribution in [0.25, 0.3) is 11.6 Å². The van der Waals surface area contributed by atoms with E-state index in [0.717, 1.165) is 11.1 Å². The summed E-state index contributed by atoms with van der Waals surface area (Å²) in [5.41, 5.74) is 3.38. The summed E-state index contributed by atoms with van der Waals surface area (Å²) in [6.45, 7) is 1.86. The highest BCUT2D eigenvalue weighted by molar-refractivity contribution is 5.93. The van der Waals surface area contributed by atoms with E-state index in [0.29, 0.717) is 33.9 Å². The van der Waals surface area contributed by atoms with Gasteiger partial charge in [-0.1, -0.05) is 30.3 Å². The zero-order chi connectivity index (χ0) is 21.5. The van der Waals surface area contributed by atoms with Gasteiger partial charge in [-0.25, -0.2) is 4.79 Å². The summed E-state index contributed by atoms with van der Waals surface area (Å²) >= 11 is 0. The van der Waals surface area contributed by atoms with Crippen LogP contribution >= 0.6 is 0 Å². The molecule has 0 aromatic heterocycles. The fourth-order valence-corrected chi connectivity index (χ4v) is 2.95. The Labute approximate surface area is 175 Å². The number of rotatable bonds is 6. The molecule has 0 atom stereocenters. The molecule has 0 aliphatic rings. The number of allylic oxidation sites excluding steroid dienone is 1. The van der Waals surface area contributed by atoms with Gasteiger partial charge in [-0.15, -0.1) is 0 Å². The number of hydrogen-bond acceptors (Lipinski definition) is 5. The molecule has 3 rings (SSSR count). The number of carbonyl (C=O) groups is 1. The zero-order valence-electron chi connectivity index (χ0n) is 17.0. The number of hydrogen-bond donors (Lipinski definition) is 0. The minimum absolute atomic E-state index is 0.403. The smallest absolute Gasteiger partial charge is 0.343 e. The highest BCUT2D eigenvalue weighted by Crippen LogP contribution is 2.31. The van der Waals surface area contributed by atoms with Crippen LogP contribution in [0.15, 0.2) is 66.7 Å². The number of nitriles is 1. The number of aryl methyl sites for hydroxylation is 1. The van der Waals surface area contributed by atoms with E-state index in [9.17, 15) is 10.1 Å². The normalized spacial score (nSPS) is 10.8. The van der Waals surface area contributed by atoms with Gasteiger partial charge in [0.15, 0.2) is 11.5 Å². The van der Waals surface area contributed by atoms with Crippen LogP contribution in [0.1, 0.15) is 27.0 Å². The number of methoxy groups -OCH3 is 2.